The fraction of sp³-hybridized carbons (Fsp3) is 0.571. The molecule has 2 rings (SSSR count). The maximum Gasteiger partial charge on any atom is 0.338 e. The van der Waals surface area contributed by atoms with E-state index in [9.17, 15) is 9.59 Å². The number of carboxylic acid groups (broad SMARTS) is 1. The average Bonchev–Trinajstić information content (AvgIpc) is 2.95. The number of carbonyl (C=O) groups is 2. The van der Waals surface area contributed by atoms with Gasteiger partial charge in [-0.2, -0.15) is 0 Å². The number of thiophene rings is 1. The van der Waals surface area contributed by atoms with E-state index in [1.165, 1.54) is 11.3 Å². The summed E-state index contributed by atoms with van der Waals surface area (Å²) in [5.74, 6) is -0.601. The van der Waals surface area contributed by atoms with Crippen molar-refractivity contribution in [2.75, 3.05) is 5.32 Å². The minimum atomic E-state index is -0.981. The molecular weight excluding hydrogens is 262 g/mol. The smallest absolute Gasteiger partial charge is 0.338 e. The van der Waals surface area contributed by atoms with Crippen molar-refractivity contribution in [3.8, 4) is 0 Å². The summed E-state index contributed by atoms with van der Waals surface area (Å²) in [6, 6.07) is 1.65. The Morgan fingerprint density at radius 1 is 1.47 bits per heavy atom. The Morgan fingerprint density at radius 3 is 2.74 bits per heavy atom. The van der Waals surface area contributed by atoms with Gasteiger partial charge < -0.3 is 10.4 Å². The molecular formula is C14H19NO3S. The first-order chi connectivity index (χ1) is 9.02. The first-order valence-corrected chi connectivity index (χ1v) is 7.51. The molecule has 1 aliphatic carbocycles. The SMILES string of the molecule is CCc1cc(C(=O)O)c(NC(=O)C2CCCC2C)s1. The van der Waals surface area contributed by atoms with E-state index in [1.807, 2.05) is 6.92 Å². The first kappa shape index (κ1) is 14.1. The van der Waals surface area contributed by atoms with Gasteiger partial charge in [-0.1, -0.05) is 20.3 Å². The van der Waals surface area contributed by atoms with E-state index < -0.39 is 5.97 Å². The lowest BCUT2D eigenvalue weighted by molar-refractivity contribution is -0.120. The van der Waals surface area contributed by atoms with Crippen LogP contribution in [0.3, 0.4) is 0 Å². The number of aryl methyl sites for hydroxylation is 1. The molecule has 1 aromatic heterocycles. The molecule has 19 heavy (non-hydrogen) atoms. The topological polar surface area (TPSA) is 66.4 Å². The normalized spacial score (nSPS) is 22.4. The molecule has 0 spiro atoms. The van der Waals surface area contributed by atoms with E-state index in [0.717, 1.165) is 30.6 Å². The Bertz CT molecular complexity index is 495. The quantitative estimate of drug-likeness (QED) is 0.889. The summed E-state index contributed by atoms with van der Waals surface area (Å²) in [6.45, 7) is 4.06. The second-order valence-corrected chi connectivity index (χ2v) is 6.25. The number of amides is 1. The fourth-order valence-corrected chi connectivity index (χ4v) is 3.60. The van der Waals surface area contributed by atoms with Crippen LogP contribution in [0.25, 0.3) is 0 Å². The van der Waals surface area contributed by atoms with Gasteiger partial charge in [-0.05, 0) is 31.2 Å². The van der Waals surface area contributed by atoms with Crippen LogP contribution in [0.15, 0.2) is 6.07 Å². The molecule has 1 aliphatic rings. The molecule has 104 valence electrons. The summed E-state index contributed by atoms with van der Waals surface area (Å²) in [6.07, 6.45) is 3.84. The van der Waals surface area contributed by atoms with E-state index in [4.69, 9.17) is 5.11 Å². The molecule has 1 aromatic rings. The van der Waals surface area contributed by atoms with Crippen LogP contribution in [0.1, 0.15) is 48.3 Å². The molecule has 1 heterocycles. The molecule has 1 saturated carbocycles. The number of hydrogen-bond donors (Lipinski definition) is 2. The lowest BCUT2D eigenvalue weighted by atomic mass is 9.97. The number of nitrogens with one attached hydrogen (secondary N) is 1. The predicted molar refractivity (Wildman–Crippen MR) is 75.8 cm³/mol. The van der Waals surface area contributed by atoms with Gasteiger partial charge in [-0.25, -0.2) is 4.79 Å². The summed E-state index contributed by atoms with van der Waals surface area (Å²) in [5, 5.41) is 12.5. The second kappa shape index (κ2) is 5.74. The Labute approximate surface area is 116 Å². The molecule has 2 atom stereocenters. The Morgan fingerprint density at radius 2 is 2.21 bits per heavy atom. The highest BCUT2D eigenvalue weighted by atomic mass is 32.1. The Kier molecular flexibility index (Phi) is 4.24. The number of aromatic carboxylic acids is 1. The number of carbonyl (C=O) groups excluding carboxylic acids is 1. The van der Waals surface area contributed by atoms with Gasteiger partial charge in [0.1, 0.15) is 5.00 Å². The maximum absolute atomic E-state index is 12.2. The molecule has 0 radical (unpaired) electrons. The van der Waals surface area contributed by atoms with Crippen molar-refractivity contribution in [1.29, 1.82) is 0 Å². The summed E-state index contributed by atoms with van der Waals surface area (Å²) >= 11 is 1.36. The highest BCUT2D eigenvalue weighted by Crippen LogP contribution is 2.34. The molecule has 5 heteroatoms. The number of hydrogen-bond acceptors (Lipinski definition) is 3. The van der Waals surface area contributed by atoms with Crippen LogP contribution in [0, 0.1) is 11.8 Å². The van der Waals surface area contributed by atoms with Crippen molar-refractivity contribution in [3.63, 3.8) is 0 Å². The lowest BCUT2D eigenvalue weighted by Crippen LogP contribution is -2.24. The maximum atomic E-state index is 12.2. The molecule has 0 saturated heterocycles. The van der Waals surface area contributed by atoms with Crippen LogP contribution >= 0.6 is 11.3 Å². The molecule has 2 unspecified atom stereocenters. The summed E-state index contributed by atoms with van der Waals surface area (Å²) in [4.78, 5) is 24.4. The lowest BCUT2D eigenvalue weighted by Gasteiger charge is -2.14. The molecule has 2 N–H and O–H groups in total. The van der Waals surface area contributed by atoms with Crippen molar-refractivity contribution >= 4 is 28.2 Å². The van der Waals surface area contributed by atoms with Crippen LogP contribution in [0.5, 0.6) is 0 Å². The summed E-state index contributed by atoms with van der Waals surface area (Å²) < 4.78 is 0. The van der Waals surface area contributed by atoms with Crippen molar-refractivity contribution in [3.05, 3.63) is 16.5 Å². The van der Waals surface area contributed by atoms with Crippen molar-refractivity contribution in [2.45, 2.75) is 39.5 Å². The van der Waals surface area contributed by atoms with Gasteiger partial charge in [0.15, 0.2) is 0 Å². The zero-order valence-corrected chi connectivity index (χ0v) is 12.0. The summed E-state index contributed by atoms with van der Waals surface area (Å²) in [7, 11) is 0. The third-order valence-electron chi connectivity index (χ3n) is 3.80. The zero-order chi connectivity index (χ0) is 14.0. The molecule has 0 aromatic carbocycles. The minimum absolute atomic E-state index is 0.0221. The van der Waals surface area contributed by atoms with Gasteiger partial charge in [0.25, 0.3) is 0 Å². The van der Waals surface area contributed by atoms with Gasteiger partial charge in [0.05, 0.1) is 5.56 Å². The van der Waals surface area contributed by atoms with Gasteiger partial charge in [0, 0.05) is 10.8 Å². The van der Waals surface area contributed by atoms with Gasteiger partial charge >= 0.3 is 5.97 Å². The van der Waals surface area contributed by atoms with E-state index in [2.05, 4.69) is 12.2 Å². The third kappa shape index (κ3) is 2.97. The van der Waals surface area contributed by atoms with Crippen LogP contribution in [-0.2, 0) is 11.2 Å². The van der Waals surface area contributed by atoms with Crippen LogP contribution < -0.4 is 5.32 Å². The van der Waals surface area contributed by atoms with Crippen LogP contribution in [0.2, 0.25) is 0 Å². The monoisotopic (exact) mass is 281 g/mol. The van der Waals surface area contributed by atoms with Crippen LogP contribution in [0.4, 0.5) is 5.00 Å². The molecule has 1 amide bonds. The van der Waals surface area contributed by atoms with Gasteiger partial charge in [-0.15, -0.1) is 11.3 Å². The second-order valence-electron chi connectivity index (χ2n) is 5.12. The number of carboxylic acids is 1. The predicted octanol–water partition coefficient (Wildman–Crippen LogP) is 3.38. The highest BCUT2D eigenvalue weighted by Gasteiger charge is 2.30. The highest BCUT2D eigenvalue weighted by molar-refractivity contribution is 7.16. The zero-order valence-electron chi connectivity index (χ0n) is 11.2. The largest absolute Gasteiger partial charge is 0.478 e. The van der Waals surface area contributed by atoms with E-state index >= 15 is 0 Å². The van der Waals surface area contributed by atoms with E-state index in [1.54, 1.807) is 6.07 Å². The van der Waals surface area contributed by atoms with Gasteiger partial charge in [0.2, 0.25) is 5.91 Å². The van der Waals surface area contributed by atoms with E-state index in [0.29, 0.717) is 10.9 Å². The summed E-state index contributed by atoms with van der Waals surface area (Å²) in [5.41, 5.74) is 0.209. The Balaban J connectivity index is 2.16. The first-order valence-electron chi connectivity index (χ1n) is 6.69. The van der Waals surface area contributed by atoms with Crippen molar-refractivity contribution in [2.24, 2.45) is 11.8 Å². The minimum Gasteiger partial charge on any atom is -0.478 e. The van der Waals surface area contributed by atoms with Crippen molar-refractivity contribution in [1.82, 2.24) is 0 Å². The number of rotatable bonds is 4. The fourth-order valence-electron chi connectivity index (χ4n) is 2.61. The number of anilines is 1. The molecule has 0 aliphatic heterocycles. The standard InChI is InChI=1S/C14H19NO3S/c1-3-9-7-11(14(17)18)13(19-9)15-12(16)10-6-4-5-8(10)2/h7-8,10H,3-6H2,1-2H3,(H,15,16)(H,17,18). The molecule has 1 fully saturated rings. The van der Waals surface area contributed by atoms with E-state index in [-0.39, 0.29) is 17.4 Å². The third-order valence-corrected chi connectivity index (χ3v) is 4.99. The molecule has 4 nitrogen and oxygen atoms in total. The average molecular weight is 281 g/mol. The molecule has 0 bridgehead atoms. The van der Waals surface area contributed by atoms with Crippen LogP contribution in [-0.4, -0.2) is 17.0 Å². The van der Waals surface area contributed by atoms with Crippen molar-refractivity contribution < 1.29 is 14.7 Å². The Hall–Kier alpha value is -1.36. The van der Waals surface area contributed by atoms with Gasteiger partial charge in [-0.3, -0.25) is 4.79 Å².